The zero-order chi connectivity index (χ0) is 11.5. The van der Waals surface area contributed by atoms with E-state index in [2.05, 4.69) is 20.9 Å². The van der Waals surface area contributed by atoms with Crippen molar-refractivity contribution < 1.29 is 16.8 Å². The van der Waals surface area contributed by atoms with E-state index in [0.717, 1.165) is 12.0 Å². The van der Waals surface area contributed by atoms with Gasteiger partial charge in [-0.25, -0.2) is 4.18 Å². The van der Waals surface area contributed by atoms with Crippen LogP contribution in [-0.4, -0.2) is 28.0 Å². The third-order valence-corrected chi connectivity index (χ3v) is 3.72. The van der Waals surface area contributed by atoms with Crippen molar-refractivity contribution in [1.29, 1.82) is 0 Å². The van der Waals surface area contributed by atoms with Gasteiger partial charge in [-0.05, 0) is 24.3 Å². The fourth-order valence-electron chi connectivity index (χ4n) is 0.919. The Morgan fingerprint density at radius 3 is 2.07 bits per heavy atom. The molecule has 0 fully saturated rings. The van der Waals surface area contributed by atoms with Crippen molar-refractivity contribution in [2.24, 2.45) is 0 Å². The van der Waals surface area contributed by atoms with E-state index in [0.29, 0.717) is 0 Å². The largest absolute Gasteiger partial charge is 0.448 e. The summed E-state index contributed by atoms with van der Waals surface area (Å²) >= 11 is 0. The summed E-state index contributed by atoms with van der Waals surface area (Å²) in [6.45, 7) is 0. The SMILES string of the molecule is COS(=O)(=O)Oc1ccc([S+](C)C)cc1. The summed E-state index contributed by atoms with van der Waals surface area (Å²) < 4.78 is 30.7. The lowest BCUT2D eigenvalue weighted by Crippen LogP contribution is -2.10. The molecule has 1 aromatic carbocycles. The van der Waals surface area contributed by atoms with Crippen molar-refractivity contribution in [3.05, 3.63) is 24.3 Å². The molecule has 84 valence electrons. The molecule has 0 aromatic heterocycles. The summed E-state index contributed by atoms with van der Waals surface area (Å²) in [6, 6.07) is 6.89. The third kappa shape index (κ3) is 3.73. The first-order valence-corrected chi connectivity index (χ1v) is 7.50. The van der Waals surface area contributed by atoms with Gasteiger partial charge < -0.3 is 4.18 Å². The van der Waals surface area contributed by atoms with Crippen molar-refractivity contribution in [2.75, 3.05) is 19.6 Å². The van der Waals surface area contributed by atoms with E-state index < -0.39 is 10.4 Å². The van der Waals surface area contributed by atoms with Crippen molar-refractivity contribution in [1.82, 2.24) is 0 Å². The highest BCUT2D eigenvalue weighted by molar-refractivity contribution is 7.95. The van der Waals surface area contributed by atoms with Crippen LogP contribution >= 0.6 is 0 Å². The molecule has 15 heavy (non-hydrogen) atoms. The molecule has 0 bridgehead atoms. The Morgan fingerprint density at radius 2 is 1.67 bits per heavy atom. The van der Waals surface area contributed by atoms with E-state index in [9.17, 15) is 8.42 Å². The van der Waals surface area contributed by atoms with Gasteiger partial charge in [-0.1, -0.05) is 0 Å². The van der Waals surface area contributed by atoms with Crippen LogP contribution in [-0.2, 0) is 25.5 Å². The van der Waals surface area contributed by atoms with Gasteiger partial charge in [0, 0.05) is 10.9 Å². The van der Waals surface area contributed by atoms with Crippen LogP contribution < -0.4 is 4.18 Å². The lowest BCUT2D eigenvalue weighted by atomic mass is 10.3. The Balaban J connectivity index is 2.82. The highest BCUT2D eigenvalue weighted by Crippen LogP contribution is 2.17. The molecule has 0 unspecified atom stereocenters. The van der Waals surface area contributed by atoms with Crippen molar-refractivity contribution >= 4 is 21.3 Å². The lowest BCUT2D eigenvalue weighted by molar-refractivity contribution is 0.330. The van der Waals surface area contributed by atoms with E-state index in [4.69, 9.17) is 0 Å². The predicted octanol–water partition coefficient (Wildman–Crippen LogP) is 1.19. The molecule has 0 saturated heterocycles. The Kier molecular flexibility index (Phi) is 4.01. The fraction of sp³-hybridized carbons (Fsp3) is 0.333. The quantitative estimate of drug-likeness (QED) is 0.752. The van der Waals surface area contributed by atoms with Gasteiger partial charge in [0.25, 0.3) is 0 Å². The summed E-state index contributed by atoms with van der Waals surface area (Å²) in [5.74, 6) is 0.256. The van der Waals surface area contributed by atoms with Gasteiger partial charge in [-0.2, -0.15) is 8.42 Å². The van der Waals surface area contributed by atoms with E-state index in [1.807, 2.05) is 12.1 Å². The third-order valence-electron chi connectivity index (χ3n) is 1.70. The molecule has 0 aliphatic carbocycles. The molecule has 0 N–H and O–H groups in total. The van der Waals surface area contributed by atoms with Crippen LogP contribution in [0.5, 0.6) is 5.75 Å². The fourth-order valence-corrected chi connectivity index (χ4v) is 2.01. The minimum absolute atomic E-state index is 0.152. The molecular weight excluding hydrogens is 236 g/mol. The maximum Gasteiger partial charge on any atom is 0.448 e. The molecule has 6 heteroatoms. The predicted molar refractivity (Wildman–Crippen MR) is 60.5 cm³/mol. The summed E-state index contributed by atoms with van der Waals surface area (Å²) in [5.41, 5.74) is 0. The molecule has 0 saturated carbocycles. The first-order valence-electron chi connectivity index (χ1n) is 4.12. The van der Waals surface area contributed by atoms with Crippen molar-refractivity contribution in [3.63, 3.8) is 0 Å². The molecule has 0 heterocycles. The minimum atomic E-state index is -3.90. The minimum Gasteiger partial charge on any atom is -0.362 e. The molecule has 1 rings (SSSR count). The molecule has 4 nitrogen and oxygen atoms in total. The molecule has 0 radical (unpaired) electrons. The van der Waals surface area contributed by atoms with Gasteiger partial charge in [0.15, 0.2) is 4.90 Å². The first-order chi connectivity index (χ1) is 6.94. The average Bonchev–Trinajstić information content (AvgIpc) is 2.18. The summed E-state index contributed by atoms with van der Waals surface area (Å²) in [5, 5.41) is 0. The van der Waals surface area contributed by atoms with Gasteiger partial charge in [-0.15, -0.1) is 0 Å². The Hall–Kier alpha value is -0.720. The highest BCUT2D eigenvalue weighted by Gasteiger charge is 2.12. The maximum absolute atomic E-state index is 10.9. The second-order valence-corrected chi connectivity index (χ2v) is 6.37. The van der Waals surface area contributed by atoms with Crippen LogP contribution in [0.2, 0.25) is 0 Å². The number of rotatable bonds is 4. The van der Waals surface area contributed by atoms with Crippen LogP contribution in [0.1, 0.15) is 0 Å². The van der Waals surface area contributed by atoms with Gasteiger partial charge in [-0.3, -0.25) is 0 Å². The van der Waals surface area contributed by atoms with E-state index in [1.165, 1.54) is 0 Å². The molecule has 0 spiro atoms. The number of benzene rings is 1. The van der Waals surface area contributed by atoms with Gasteiger partial charge in [0.2, 0.25) is 0 Å². The second-order valence-electron chi connectivity index (χ2n) is 2.95. The molecule has 0 aliphatic heterocycles. The topological polar surface area (TPSA) is 52.6 Å². The Morgan fingerprint density at radius 1 is 1.13 bits per heavy atom. The summed E-state index contributed by atoms with van der Waals surface area (Å²) in [6.07, 6.45) is 4.17. The van der Waals surface area contributed by atoms with Crippen LogP contribution in [0.25, 0.3) is 0 Å². The van der Waals surface area contributed by atoms with E-state index in [1.54, 1.807) is 12.1 Å². The Labute approximate surface area is 92.9 Å². The van der Waals surface area contributed by atoms with Crippen LogP contribution in [0.3, 0.4) is 0 Å². The molecule has 0 atom stereocenters. The van der Waals surface area contributed by atoms with Crippen LogP contribution in [0.15, 0.2) is 29.2 Å². The van der Waals surface area contributed by atoms with Gasteiger partial charge in [0.1, 0.15) is 18.3 Å². The lowest BCUT2D eigenvalue weighted by Gasteiger charge is -2.03. The van der Waals surface area contributed by atoms with Crippen molar-refractivity contribution in [3.8, 4) is 5.75 Å². The van der Waals surface area contributed by atoms with Crippen LogP contribution in [0, 0.1) is 0 Å². The summed E-state index contributed by atoms with van der Waals surface area (Å²) in [4.78, 5) is 1.15. The van der Waals surface area contributed by atoms with E-state index >= 15 is 0 Å². The zero-order valence-electron chi connectivity index (χ0n) is 8.76. The normalized spacial score (nSPS) is 11.7. The first kappa shape index (κ1) is 12.4. The van der Waals surface area contributed by atoms with Crippen LogP contribution in [0.4, 0.5) is 0 Å². The average molecular weight is 249 g/mol. The standard InChI is InChI=1S/C9H13O4S2/c1-12-15(10,11)13-8-4-6-9(7-5-8)14(2)3/h4-7H,1-3H3/q+1. The monoisotopic (exact) mass is 249 g/mol. The molecule has 1 aromatic rings. The highest BCUT2D eigenvalue weighted by atomic mass is 32.3. The number of hydrogen-bond donors (Lipinski definition) is 0. The van der Waals surface area contributed by atoms with Gasteiger partial charge >= 0.3 is 10.4 Å². The molecule has 0 aliphatic rings. The maximum atomic E-state index is 10.9. The summed E-state index contributed by atoms with van der Waals surface area (Å²) in [7, 11) is -2.70. The Bertz CT molecular complexity index is 408. The van der Waals surface area contributed by atoms with Crippen molar-refractivity contribution in [2.45, 2.75) is 4.90 Å². The molecule has 0 amide bonds. The zero-order valence-corrected chi connectivity index (χ0v) is 10.4. The second kappa shape index (κ2) is 4.87. The van der Waals surface area contributed by atoms with Gasteiger partial charge in [0.05, 0.1) is 7.11 Å². The smallest absolute Gasteiger partial charge is 0.362 e. The number of hydrogen-bond acceptors (Lipinski definition) is 4. The molecular formula is C9H13O4S2+. The van der Waals surface area contributed by atoms with E-state index in [-0.39, 0.29) is 16.6 Å².